The standard InChI is InChI=1S/C16H22N2O/c1-13-12-18(16-7-3-2-6-15(13)16)9-8-17-11-14-5-4-10-19-14/h2-3,6-7,12,14,17H,4-5,8-11H2,1H3. The van der Waals surface area contributed by atoms with Crippen molar-refractivity contribution in [3.8, 4) is 0 Å². The summed E-state index contributed by atoms with van der Waals surface area (Å²) in [5.41, 5.74) is 2.69. The molecule has 19 heavy (non-hydrogen) atoms. The highest BCUT2D eigenvalue weighted by Gasteiger charge is 2.14. The molecule has 3 heteroatoms. The van der Waals surface area contributed by atoms with Gasteiger partial charge in [-0.2, -0.15) is 0 Å². The number of benzene rings is 1. The summed E-state index contributed by atoms with van der Waals surface area (Å²) in [4.78, 5) is 0. The van der Waals surface area contributed by atoms with Crippen LogP contribution in [0.4, 0.5) is 0 Å². The lowest BCUT2D eigenvalue weighted by atomic mass is 10.2. The number of hydrogen-bond acceptors (Lipinski definition) is 2. The van der Waals surface area contributed by atoms with E-state index in [0.717, 1.165) is 26.2 Å². The van der Waals surface area contributed by atoms with Crippen LogP contribution in [0, 0.1) is 6.92 Å². The van der Waals surface area contributed by atoms with Crippen molar-refractivity contribution in [2.75, 3.05) is 19.7 Å². The second kappa shape index (κ2) is 5.76. The predicted octanol–water partition coefficient (Wildman–Crippen LogP) is 2.72. The molecule has 1 aromatic carbocycles. The highest BCUT2D eigenvalue weighted by Crippen LogP contribution is 2.19. The van der Waals surface area contributed by atoms with Gasteiger partial charge in [0.1, 0.15) is 0 Å². The number of ether oxygens (including phenoxy) is 1. The van der Waals surface area contributed by atoms with Gasteiger partial charge in [-0.1, -0.05) is 18.2 Å². The molecule has 0 bridgehead atoms. The number of fused-ring (bicyclic) bond motifs is 1. The van der Waals surface area contributed by atoms with Gasteiger partial charge >= 0.3 is 0 Å². The average Bonchev–Trinajstić information content (AvgIpc) is 3.04. The molecule has 1 fully saturated rings. The molecule has 0 amide bonds. The first-order valence-electron chi connectivity index (χ1n) is 7.21. The van der Waals surface area contributed by atoms with Crippen LogP contribution >= 0.6 is 0 Å². The molecule has 1 aromatic heterocycles. The summed E-state index contributed by atoms with van der Waals surface area (Å²) < 4.78 is 7.95. The molecule has 1 aliphatic heterocycles. The van der Waals surface area contributed by atoms with Crippen LogP contribution < -0.4 is 5.32 Å². The second-order valence-corrected chi connectivity index (χ2v) is 5.36. The highest BCUT2D eigenvalue weighted by atomic mass is 16.5. The minimum Gasteiger partial charge on any atom is -0.377 e. The number of nitrogens with zero attached hydrogens (tertiary/aromatic N) is 1. The normalized spacial score (nSPS) is 19.3. The van der Waals surface area contributed by atoms with Crippen molar-refractivity contribution in [2.45, 2.75) is 32.4 Å². The van der Waals surface area contributed by atoms with Crippen molar-refractivity contribution in [3.63, 3.8) is 0 Å². The topological polar surface area (TPSA) is 26.2 Å². The van der Waals surface area contributed by atoms with Crippen molar-refractivity contribution in [1.29, 1.82) is 0 Å². The van der Waals surface area contributed by atoms with Crippen molar-refractivity contribution in [1.82, 2.24) is 9.88 Å². The third kappa shape index (κ3) is 2.82. The molecular weight excluding hydrogens is 236 g/mol. The Morgan fingerprint density at radius 3 is 3.11 bits per heavy atom. The summed E-state index contributed by atoms with van der Waals surface area (Å²) in [6.45, 7) is 6.11. The maximum Gasteiger partial charge on any atom is 0.0700 e. The molecule has 1 saturated heterocycles. The molecule has 3 nitrogen and oxygen atoms in total. The molecule has 1 aliphatic rings. The third-order valence-electron chi connectivity index (χ3n) is 3.91. The van der Waals surface area contributed by atoms with Gasteiger partial charge in [0, 0.05) is 43.3 Å². The van der Waals surface area contributed by atoms with Crippen LogP contribution in [-0.2, 0) is 11.3 Å². The largest absolute Gasteiger partial charge is 0.377 e. The summed E-state index contributed by atoms with van der Waals surface area (Å²) in [7, 11) is 0. The highest BCUT2D eigenvalue weighted by molar-refractivity contribution is 5.83. The van der Waals surface area contributed by atoms with E-state index in [1.807, 2.05) is 0 Å². The molecule has 1 atom stereocenters. The van der Waals surface area contributed by atoms with Crippen LogP contribution in [-0.4, -0.2) is 30.4 Å². The fourth-order valence-corrected chi connectivity index (χ4v) is 2.88. The number of aryl methyl sites for hydroxylation is 1. The first kappa shape index (κ1) is 12.7. The summed E-state index contributed by atoms with van der Waals surface area (Å²) in [5, 5.41) is 4.87. The lowest BCUT2D eigenvalue weighted by molar-refractivity contribution is 0.110. The minimum atomic E-state index is 0.433. The summed E-state index contributed by atoms with van der Waals surface area (Å²) in [5.74, 6) is 0. The quantitative estimate of drug-likeness (QED) is 0.835. The van der Waals surface area contributed by atoms with Gasteiger partial charge in [0.2, 0.25) is 0 Å². The lowest BCUT2D eigenvalue weighted by Crippen LogP contribution is -2.28. The SMILES string of the molecule is Cc1cn(CCNCC2CCCO2)c2ccccc12. The molecule has 0 saturated carbocycles. The van der Waals surface area contributed by atoms with E-state index >= 15 is 0 Å². The second-order valence-electron chi connectivity index (χ2n) is 5.36. The third-order valence-corrected chi connectivity index (χ3v) is 3.91. The Kier molecular flexibility index (Phi) is 3.85. The zero-order valence-corrected chi connectivity index (χ0v) is 11.6. The van der Waals surface area contributed by atoms with Crippen LogP contribution in [0.3, 0.4) is 0 Å². The van der Waals surface area contributed by atoms with Crippen LogP contribution in [0.5, 0.6) is 0 Å². The number of aromatic nitrogens is 1. The first-order chi connectivity index (χ1) is 9.34. The van der Waals surface area contributed by atoms with Gasteiger partial charge < -0.3 is 14.6 Å². The molecule has 0 spiro atoms. The molecular formula is C16H22N2O. The zero-order valence-electron chi connectivity index (χ0n) is 11.6. The molecule has 102 valence electrons. The monoisotopic (exact) mass is 258 g/mol. The molecule has 1 unspecified atom stereocenters. The lowest BCUT2D eigenvalue weighted by Gasteiger charge is -2.11. The van der Waals surface area contributed by atoms with E-state index in [4.69, 9.17) is 4.74 Å². The Labute approximate surface area is 114 Å². The van der Waals surface area contributed by atoms with Crippen LogP contribution in [0.25, 0.3) is 10.9 Å². The molecule has 2 heterocycles. The van der Waals surface area contributed by atoms with E-state index < -0.39 is 0 Å². The van der Waals surface area contributed by atoms with E-state index in [9.17, 15) is 0 Å². The van der Waals surface area contributed by atoms with Gasteiger partial charge in [-0.15, -0.1) is 0 Å². The zero-order chi connectivity index (χ0) is 13.1. The van der Waals surface area contributed by atoms with Crippen LogP contribution in [0.15, 0.2) is 30.5 Å². The Morgan fingerprint density at radius 2 is 2.26 bits per heavy atom. The summed E-state index contributed by atoms with van der Waals surface area (Å²) >= 11 is 0. The fourth-order valence-electron chi connectivity index (χ4n) is 2.88. The van der Waals surface area contributed by atoms with Gasteiger partial charge in [0.15, 0.2) is 0 Å². The van der Waals surface area contributed by atoms with E-state index in [-0.39, 0.29) is 0 Å². The van der Waals surface area contributed by atoms with Gasteiger partial charge in [-0.3, -0.25) is 0 Å². The Balaban J connectivity index is 1.56. The van der Waals surface area contributed by atoms with Crippen molar-refractivity contribution >= 4 is 10.9 Å². The van der Waals surface area contributed by atoms with E-state index in [2.05, 4.69) is 47.3 Å². The number of nitrogens with one attached hydrogen (secondary N) is 1. The van der Waals surface area contributed by atoms with E-state index in [0.29, 0.717) is 6.10 Å². The average molecular weight is 258 g/mol. The molecule has 1 N–H and O–H groups in total. The van der Waals surface area contributed by atoms with E-state index in [1.54, 1.807) is 0 Å². The summed E-state index contributed by atoms with van der Waals surface area (Å²) in [6.07, 6.45) is 5.10. The maximum atomic E-state index is 5.61. The Bertz CT molecular complexity index is 541. The number of hydrogen-bond donors (Lipinski definition) is 1. The molecule has 3 rings (SSSR count). The Morgan fingerprint density at radius 1 is 1.37 bits per heavy atom. The van der Waals surface area contributed by atoms with Crippen LogP contribution in [0.1, 0.15) is 18.4 Å². The smallest absolute Gasteiger partial charge is 0.0700 e. The van der Waals surface area contributed by atoms with Crippen molar-refractivity contribution in [2.24, 2.45) is 0 Å². The van der Waals surface area contributed by atoms with Gasteiger partial charge in [-0.25, -0.2) is 0 Å². The number of rotatable bonds is 5. The number of para-hydroxylation sites is 1. The van der Waals surface area contributed by atoms with Gasteiger partial charge in [-0.05, 0) is 31.4 Å². The molecule has 0 aliphatic carbocycles. The van der Waals surface area contributed by atoms with Gasteiger partial charge in [0.05, 0.1) is 6.10 Å². The van der Waals surface area contributed by atoms with Crippen molar-refractivity contribution < 1.29 is 4.74 Å². The summed E-state index contributed by atoms with van der Waals surface area (Å²) in [6, 6.07) is 8.61. The van der Waals surface area contributed by atoms with Crippen LogP contribution in [0.2, 0.25) is 0 Å². The van der Waals surface area contributed by atoms with E-state index in [1.165, 1.54) is 29.3 Å². The van der Waals surface area contributed by atoms with Crippen molar-refractivity contribution in [3.05, 3.63) is 36.0 Å². The Hall–Kier alpha value is -1.32. The molecule has 2 aromatic rings. The minimum absolute atomic E-state index is 0.433. The maximum absolute atomic E-state index is 5.61. The predicted molar refractivity (Wildman–Crippen MR) is 78.5 cm³/mol. The first-order valence-corrected chi connectivity index (χ1v) is 7.21. The van der Waals surface area contributed by atoms with Gasteiger partial charge in [0.25, 0.3) is 0 Å². The molecule has 0 radical (unpaired) electrons. The fraction of sp³-hybridized carbons (Fsp3) is 0.500.